The molecule has 2 fully saturated rings. The van der Waals surface area contributed by atoms with Crippen molar-refractivity contribution in [3.63, 3.8) is 0 Å². The van der Waals surface area contributed by atoms with Gasteiger partial charge in [0, 0.05) is 17.4 Å². The van der Waals surface area contributed by atoms with Crippen molar-refractivity contribution in [1.29, 1.82) is 0 Å². The zero-order valence-corrected chi connectivity index (χ0v) is 17.5. The van der Waals surface area contributed by atoms with Gasteiger partial charge in [-0.2, -0.15) is 0 Å². The highest BCUT2D eigenvalue weighted by atomic mass is 19.1. The third-order valence-electron chi connectivity index (χ3n) is 7.26. The first-order valence-electron chi connectivity index (χ1n) is 10.8. The quantitative estimate of drug-likeness (QED) is 0.455. The monoisotopic (exact) mass is 430 g/mol. The van der Waals surface area contributed by atoms with Gasteiger partial charge in [0.2, 0.25) is 0 Å². The number of hydrogen-bond donors (Lipinski definition) is 3. The highest BCUT2D eigenvalue weighted by Crippen LogP contribution is 2.65. The van der Waals surface area contributed by atoms with Crippen molar-refractivity contribution < 1.29 is 14.6 Å². The van der Waals surface area contributed by atoms with Gasteiger partial charge in [-0.15, -0.1) is 0 Å². The van der Waals surface area contributed by atoms with E-state index in [1.807, 2.05) is 48.0 Å². The van der Waals surface area contributed by atoms with Crippen molar-refractivity contribution in [3.8, 4) is 11.1 Å². The Morgan fingerprint density at radius 1 is 1.06 bits per heavy atom. The first-order chi connectivity index (χ1) is 15.5. The maximum absolute atomic E-state index is 13.4. The lowest BCUT2D eigenvalue weighted by Gasteiger charge is -2.24. The summed E-state index contributed by atoms with van der Waals surface area (Å²) in [6.07, 6.45) is 2.71. The average Bonchev–Trinajstić information content (AvgIpc) is 3.39. The number of hydrogen-bond acceptors (Lipinski definition) is 5. The van der Waals surface area contributed by atoms with Crippen LogP contribution in [0.2, 0.25) is 0 Å². The lowest BCUT2D eigenvalue weighted by Crippen LogP contribution is -2.37. The van der Waals surface area contributed by atoms with E-state index in [1.54, 1.807) is 12.1 Å². The molecule has 0 spiro atoms. The summed E-state index contributed by atoms with van der Waals surface area (Å²) in [7, 11) is 0. The minimum atomic E-state index is -0.856. The number of anilines is 2. The molecule has 2 aliphatic carbocycles. The van der Waals surface area contributed by atoms with Crippen molar-refractivity contribution in [2.75, 3.05) is 5.32 Å². The van der Waals surface area contributed by atoms with Crippen molar-refractivity contribution in [2.24, 2.45) is 11.8 Å². The van der Waals surface area contributed by atoms with Crippen molar-refractivity contribution in [1.82, 2.24) is 14.5 Å². The average molecular weight is 430 g/mol. The van der Waals surface area contributed by atoms with Gasteiger partial charge in [0.1, 0.15) is 29.7 Å². The summed E-state index contributed by atoms with van der Waals surface area (Å²) in [5, 5.41) is 25.6. The zero-order valence-electron chi connectivity index (χ0n) is 17.5. The van der Waals surface area contributed by atoms with E-state index in [9.17, 15) is 14.6 Å². The van der Waals surface area contributed by atoms with Crippen LogP contribution in [0.5, 0.6) is 0 Å². The third kappa shape index (κ3) is 2.64. The molecule has 0 amide bonds. The highest BCUT2D eigenvalue weighted by Gasteiger charge is 2.71. The Morgan fingerprint density at radius 3 is 2.50 bits per heavy atom. The molecule has 0 saturated heterocycles. The molecular formula is C25H23FN4O2. The largest absolute Gasteiger partial charge is 0.390 e. The Bertz CT molecular complexity index is 1310. The highest BCUT2D eigenvalue weighted by molar-refractivity contribution is 6.02. The molecule has 2 heterocycles. The van der Waals surface area contributed by atoms with Crippen LogP contribution in [0, 0.1) is 17.7 Å². The topological polar surface area (TPSA) is 83.2 Å². The molecule has 6 nitrogen and oxygen atoms in total. The molecule has 162 valence electrons. The fourth-order valence-corrected chi connectivity index (χ4v) is 5.50. The summed E-state index contributed by atoms with van der Waals surface area (Å²) in [4.78, 5) is 9.10. The Hall–Kier alpha value is -3.29. The molecule has 1 unspecified atom stereocenters. The summed E-state index contributed by atoms with van der Waals surface area (Å²) < 4.78 is 15.4. The Labute approximate surface area is 184 Å². The predicted molar refractivity (Wildman–Crippen MR) is 120 cm³/mol. The summed E-state index contributed by atoms with van der Waals surface area (Å²) in [6.45, 7) is 1.99. The lowest BCUT2D eigenvalue weighted by molar-refractivity contribution is -0.0138. The minimum Gasteiger partial charge on any atom is -0.390 e. The van der Waals surface area contributed by atoms with E-state index in [-0.39, 0.29) is 17.7 Å². The normalized spacial score (nSPS) is 28.6. The molecule has 0 aliphatic heterocycles. The minimum absolute atomic E-state index is 0.0151. The number of aliphatic hydroxyl groups excluding tert-OH is 2. The molecule has 2 aromatic heterocycles. The molecule has 32 heavy (non-hydrogen) atoms. The summed E-state index contributed by atoms with van der Waals surface area (Å²) in [5.74, 6) is 0.506. The molecule has 0 bridgehead atoms. The number of fused-ring (bicyclic) bond motifs is 2. The summed E-state index contributed by atoms with van der Waals surface area (Å²) in [5.41, 5.74) is 2.79. The standard InChI is InChI=1S/C25H23FN4O2/c1-14-19-11-25(19,22(32)21(14)31)30-12-18(15-5-3-2-4-6-15)20-23(27-13-28-24(20)30)29-17-9-7-16(26)8-10-17/h2-10,12-14,19,21-22,31-32H,11H2,1H3,(H,27,28,29)/t14-,19-,21-,22?,25+/m0/s1. The number of rotatable bonds is 4. The predicted octanol–water partition coefficient (Wildman–Crippen LogP) is 4.07. The van der Waals surface area contributed by atoms with E-state index < -0.39 is 17.7 Å². The van der Waals surface area contributed by atoms with Crippen LogP contribution < -0.4 is 5.32 Å². The molecule has 2 saturated carbocycles. The number of benzene rings is 2. The SMILES string of the molecule is C[C@@H]1[C@H](O)C(O)[C@@]2(n3cc(-c4ccccc4)c4c(Nc5ccc(F)cc5)ncnc43)C[C@@H]12. The summed E-state index contributed by atoms with van der Waals surface area (Å²) >= 11 is 0. The number of halogens is 1. The van der Waals surface area contributed by atoms with Gasteiger partial charge in [-0.3, -0.25) is 0 Å². The fourth-order valence-electron chi connectivity index (χ4n) is 5.50. The molecule has 3 N–H and O–H groups in total. The number of aliphatic hydroxyl groups is 2. The van der Waals surface area contributed by atoms with Crippen molar-refractivity contribution in [3.05, 3.63) is 72.9 Å². The van der Waals surface area contributed by atoms with Gasteiger partial charge < -0.3 is 20.1 Å². The zero-order chi connectivity index (χ0) is 22.0. The van der Waals surface area contributed by atoms with Crippen molar-refractivity contribution >= 4 is 22.5 Å². The van der Waals surface area contributed by atoms with E-state index >= 15 is 0 Å². The van der Waals surface area contributed by atoms with Crippen LogP contribution >= 0.6 is 0 Å². The summed E-state index contributed by atoms with van der Waals surface area (Å²) in [6, 6.07) is 16.1. The van der Waals surface area contributed by atoms with Gasteiger partial charge in [0.05, 0.1) is 17.0 Å². The van der Waals surface area contributed by atoms with Gasteiger partial charge in [0.15, 0.2) is 0 Å². The molecule has 0 radical (unpaired) electrons. The van der Waals surface area contributed by atoms with Crippen LogP contribution in [-0.2, 0) is 5.54 Å². The van der Waals surface area contributed by atoms with Crippen LogP contribution in [-0.4, -0.2) is 37.0 Å². The molecule has 7 heteroatoms. The molecule has 6 rings (SSSR count). The van der Waals surface area contributed by atoms with E-state index in [0.717, 1.165) is 22.9 Å². The number of aromatic nitrogens is 3. The molecule has 2 aliphatic rings. The van der Waals surface area contributed by atoms with E-state index in [1.165, 1.54) is 18.5 Å². The first-order valence-corrected chi connectivity index (χ1v) is 10.8. The smallest absolute Gasteiger partial charge is 0.146 e. The van der Waals surface area contributed by atoms with Crippen LogP contribution in [0.3, 0.4) is 0 Å². The Balaban J connectivity index is 1.56. The second-order valence-electron chi connectivity index (χ2n) is 8.93. The van der Waals surface area contributed by atoms with Crippen LogP contribution in [0.4, 0.5) is 15.9 Å². The van der Waals surface area contributed by atoms with Crippen molar-refractivity contribution in [2.45, 2.75) is 31.1 Å². The first kappa shape index (κ1) is 19.4. The fraction of sp³-hybridized carbons (Fsp3) is 0.280. The number of nitrogens with one attached hydrogen (secondary N) is 1. The maximum Gasteiger partial charge on any atom is 0.146 e. The Morgan fingerprint density at radius 2 is 1.81 bits per heavy atom. The van der Waals surface area contributed by atoms with Gasteiger partial charge in [-0.25, -0.2) is 14.4 Å². The lowest BCUT2D eigenvalue weighted by atomic mass is 10.0. The van der Waals surface area contributed by atoms with Gasteiger partial charge in [0.25, 0.3) is 0 Å². The van der Waals surface area contributed by atoms with Gasteiger partial charge in [-0.05, 0) is 48.1 Å². The number of nitrogens with zero attached hydrogens (tertiary/aromatic N) is 3. The van der Waals surface area contributed by atoms with Crippen LogP contribution in [0.1, 0.15) is 13.3 Å². The second-order valence-corrected chi connectivity index (χ2v) is 8.93. The molecular weight excluding hydrogens is 407 g/mol. The van der Waals surface area contributed by atoms with Gasteiger partial charge >= 0.3 is 0 Å². The second kappa shape index (κ2) is 6.85. The van der Waals surface area contributed by atoms with E-state index in [2.05, 4.69) is 15.3 Å². The maximum atomic E-state index is 13.4. The van der Waals surface area contributed by atoms with E-state index in [4.69, 9.17) is 0 Å². The van der Waals surface area contributed by atoms with Crippen LogP contribution in [0.15, 0.2) is 67.1 Å². The third-order valence-corrected chi connectivity index (χ3v) is 7.26. The molecule has 4 aromatic rings. The Kier molecular flexibility index (Phi) is 4.15. The molecule has 5 atom stereocenters. The molecule has 2 aromatic carbocycles. The van der Waals surface area contributed by atoms with Gasteiger partial charge in [-0.1, -0.05) is 37.3 Å². The van der Waals surface area contributed by atoms with E-state index in [0.29, 0.717) is 17.2 Å². The van der Waals surface area contributed by atoms with Crippen LogP contribution in [0.25, 0.3) is 22.2 Å².